The minimum atomic E-state index is -0.730. The van der Waals surface area contributed by atoms with Gasteiger partial charge < -0.3 is 14.6 Å². The Balaban J connectivity index is 2.45. The third kappa shape index (κ3) is 1.44. The second-order valence-electron chi connectivity index (χ2n) is 3.11. The zero-order valence-corrected chi connectivity index (χ0v) is 7.53. The summed E-state index contributed by atoms with van der Waals surface area (Å²) < 4.78 is 9.79. The summed E-state index contributed by atoms with van der Waals surface area (Å²) in [5.74, 6) is -0.388. The quantitative estimate of drug-likeness (QED) is 0.486. The predicted molar refractivity (Wildman–Crippen MR) is 41.6 cm³/mol. The number of hydrogen-bond acceptors (Lipinski definition) is 4. The van der Waals surface area contributed by atoms with Crippen LogP contribution < -0.4 is 0 Å². The lowest BCUT2D eigenvalue weighted by Gasteiger charge is -2.08. The Kier molecular flexibility index (Phi) is 2.39. The molecule has 0 bridgehead atoms. The van der Waals surface area contributed by atoms with E-state index >= 15 is 0 Å². The monoisotopic (exact) mass is 174 g/mol. The summed E-state index contributed by atoms with van der Waals surface area (Å²) in [7, 11) is 0. The molecular formula is C8H14O4. The minimum absolute atomic E-state index is 0.342. The van der Waals surface area contributed by atoms with Crippen LogP contribution in [0.2, 0.25) is 0 Å². The van der Waals surface area contributed by atoms with E-state index < -0.39 is 17.8 Å². The Morgan fingerprint density at radius 2 is 2.42 bits per heavy atom. The second kappa shape index (κ2) is 3.03. The van der Waals surface area contributed by atoms with Gasteiger partial charge in [0.2, 0.25) is 0 Å². The lowest BCUT2D eigenvalue weighted by atomic mass is 10.0. The van der Waals surface area contributed by atoms with Crippen LogP contribution in [0, 0.1) is 0 Å². The first-order chi connectivity index (χ1) is 5.52. The SMILES string of the molecule is CCOC(=O)[C@H]1O[C@]1(C)[C@H](C)O. The number of carbonyl (C=O) groups is 1. The van der Waals surface area contributed by atoms with E-state index in [0.29, 0.717) is 6.61 Å². The molecule has 0 aromatic heterocycles. The predicted octanol–water partition coefficient (Wildman–Crippen LogP) is 0.0878. The molecule has 0 aliphatic carbocycles. The maximum Gasteiger partial charge on any atom is 0.338 e. The maximum atomic E-state index is 11.1. The number of carbonyl (C=O) groups excluding carboxylic acids is 1. The average molecular weight is 174 g/mol. The largest absolute Gasteiger partial charge is 0.464 e. The van der Waals surface area contributed by atoms with E-state index in [1.165, 1.54) is 0 Å². The number of rotatable bonds is 3. The average Bonchev–Trinajstić information content (AvgIpc) is 2.65. The number of hydrogen-bond donors (Lipinski definition) is 1. The molecule has 1 fully saturated rings. The van der Waals surface area contributed by atoms with Crippen LogP contribution in [-0.4, -0.2) is 35.5 Å². The van der Waals surface area contributed by atoms with Gasteiger partial charge in [0.1, 0.15) is 5.60 Å². The van der Waals surface area contributed by atoms with E-state index in [4.69, 9.17) is 9.47 Å². The molecule has 4 nitrogen and oxygen atoms in total. The third-order valence-corrected chi connectivity index (χ3v) is 2.17. The molecule has 0 aromatic carbocycles. The molecule has 1 aliphatic heterocycles. The number of aliphatic hydroxyl groups excluding tert-OH is 1. The molecule has 0 aromatic rings. The normalized spacial score (nSPS) is 35.8. The molecule has 1 saturated heterocycles. The van der Waals surface area contributed by atoms with Gasteiger partial charge in [-0.3, -0.25) is 0 Å². The lowest BCUT2D eigenvalue weighted by molar-refractivity contribution is -0.144. The van der Waals surface area contributed by atoms with E-state index in [-0.39, 0.29) is 5.97 Å². The van der Waals surface area contributed by atoms with E-state index in [1.54, 1.807) is 20.8 Å². The molecule has 0 radical (unpaired) electrons. The summed E-state index contributed by atoms with van der Waals surface area (Å²) >= 11 is 0. The van der Waals surface area contributed by atoms with E-state index in [1.807, 2.05) is 0 Å². The molecule has 1 rings (SSSR count). The van der Waals surface area contributed by atoms with Crippen LogP contribution in [0.3, 0.4) is 0 Å². The van der Waals surface area contributed by atoms with Crippen LogP contribution >= 0.6 is 0 Å². The van der Waals surface area contributed by atoms with Crippen molar-refractivity contribution in [3.8, 4) is 0 Å². The summed E-state index contributed by atoms with van der Waals surface area (Å²) in [6, 6.07) is 0. The second-order valence-corrected chi connectivity index (χ2v) is 3.11. The fraction of sp³-hybridized carbons (Fsp3) is 0.875. The van der Waals surface area contributed by atoms with Gasteiger partial charge in [-0.15, -0.1) is 0 Å². The van der Waals surface area contributed by atoms with Crippen LogP contribution in [0.25, 0.3) is 0 Å². The molecule has 70 valence electrons. The first kappa shape index (κ1) is 9.48. The van der Waals surface area contributed by atoms with Crippen LogP contribution in [-0.2, 0) is 14.3 Å². The van der Waals surface area contributed by atoms with Crippen LogP contribution in [0.5, 0.6) is 0 Å². The zero-order valence-electron chi connectivity index (χ0n) is 7.53. The fourth-order valence-corrected chi connectivity index (χ4v) is 1.04. The van der Waals surface area contributed by atoms with Gasteiger partial charge in [0, 0.05) is 0 Å². The van der Waals surface area contributed by atoms with Gasteiger partial charge >= 0.3 is 5.97 Å². The van der Waals surface area contributed by atoms with E-state index in [9.17, 15) is 9.90 Å². The Morgan fingerprint density at radius 1 is 1.83 bits per heavy atom. The molecule has 0 spiro atoms. The van der Waals surface area contributed by atoms with E-state index in [2.05, 4.69) is 0 Å². The first-order valence-corrected chi connectivity index (χ1v) is 4.05. The van der Waals surface area contributed by atoms with Gasteiger partial charge in [0.25, 0.3) is 0 Å². The molecule has 0 saturated carbocycles. The highest BCUT2D eigenvalue weighted by Crippen LogP contribution is 2.39. The number of epoxide rings is 1. The van der Waals surface area contributed by atoms with Crippen molar-refractivity contribution in [2.24, 2.45) is 0 Å². The molecular weight excluding hydrogens is 160 g/mol. The Hall–Kier alpha value is -0.610. The van der Waals surface area contributed by atoms with Crippen molar-refractivity contribution in [2.45, 2.75) is 38.6 Å². The van der Waals surface area contributed by atoms with Crippen molar-refractivity contribution < 1.29 is 19.4 Å². The summed E-state index contributed by atoms with van der Waals surface area (Å²) in [5, 5.41) is 9.21. The maximum absolute atomic E-state index is 11.1. The van der Waals surface area contributed by atoms with Crippen molar-refractivity contribution >= 4 is 5.97 Å². The fourth-order valence-electron chi connectivity index (χ4n) is 1.04. The van der Waals surface area contributed by atoms with Crippen molar-refractivity contribution in [2.75, 3.05) is 6.61 Å². The Labute approximate surface area is 71.5 Å². The van der Waals surface area contributed by atoms with Crippen LogP contribution in [0.1, 0.15) is 20.8 Å². The molecule has 4 heteroatoms. The smallest absolute Gasteiger partial charge is 0.338 e. The summed E-state index contributed by atoms with van der Waals surface area (Å²) in [6.07, 6.45) is -1.23. The summed E-state index contributed by atoms with van der Waals surface area (Å²) in [4.78, 5) is 11.1. The summed E-state index contributed by atoms with van der Waals surface area (Å²) in [5.41, 5.74) is -0.730. The highest BCUT2D eigenvalue weighted by molar-refractivity contribution is 5.79. The van der Waals surface area contributed by atoms with Crippen LogP contribution in [0.15, 0.2) is 0 Å². The minimum Gasteiger partial charge on any atom is -0.464 e. The van der Waals surface area contributed by atoms with Gasteiger partial charge in [-0.1, -0.05) is 0 Å². The van der Waals surface area contributed by atoms with Gasteiger partial charge in [0.15, 0.2) is 6.10 Å². The lowest BCUT2D eigenvalue weighted by Crippen LogP contribution is -2.29. The van der Waals surface area contributed by atoms with Crippen molar-refractivity contribution in [1.82, 2.24) is 0 Å². The Bertz CT molecular complexity index is 189. The highest BCUT2D eigenvalue weighted by atomic mass is 16.7. The van der Waals surface area contributed by atoms with Crippen molar-refractivity contribution in [3.63, 3.8) is 0 Å². The Morgan fingerprint density at radius 3 is 2.75 bits per heavy atom. The van der Waals surface area contributed by atoms with Crippen LogP contribution in [0.4, 0.5) is 0 Å². The zero-order chi connectivity index (χ0) is 9.35. The number of esters is 1. The molecule has 1 heterocycles. The van der Waals surface area contributed by atoms with Gasteiger partial charge in [0.05, 0.1) is 12.7 Å². The van der Waals surface area contributed by atoms with Gasteiger partial charge in [-0.05, 0) is 20.8 Å². The molecule has 0 amide bonds. The van der Waals surface area contributed by atoms with Gasteiger partial charge in [-0.2, -0.15) is 0 Å². The number of ether oxygens (including phenoxy) is 2. The third-order valence-electron chi connectivity index (χ3n) is 2.17. The molecule has 0 unspecified atom stereocenters. The highest BCUT2D eigenvalue weighted by Gasteiger charge is 2.61. The molecule has 1 N–H and O–H groups in total. The molecule has 1 aliphatic rings. The number of aliphatic hydroxyl groups is 1. The van der Waals surface area contributed by atoms with Crippen molar-refractivity contribution in [1.29, 1.82) is 0 Å². The molecule has 12 heavy (non-hydrogen) atoms. The topological polar surface area (TPSA) is 59.1 Å². The summed E-state index contributed by atoms with van der Waals surface area (Å²) in [6.45, 7) is 5.37. The van der Waals surface area contributed by atoms with Crippen molar-refractivity contribution in [3.05, 3.63) is 0 Å². The standard InChI is InChI=1S/C8H14O4/c1-4-11-7(10)6-8(3,12-6)5(2)9/h5-6,9H,4H2,1-3H3/t5-,6+,8+/m0/s1. The first-order valence-electron chi connectivity index (χ1n) is 4.05. The molecule has 3 atom stereocenters. The van der Waals surface area contributed by atoms with E-state index in [0.717, 1.165) is 0 Å². The van der Waals surface area contributed by atoms with Gasteiger partial charge in [-0.25, -0.2) is 4.79 Å².